The van der Waals surface area contributed by atoms with Crippen LogP contribution in [0.5, 0.6) is 0 Å². The van der Waals surface area contributed by atoms with Gasteiger partial charge in [0.05, 0.1) is 28.9 Å². The number of sulfone groups is 1. The van der Waals surface area contributed by atoms with Gasteiger partial charge in [0.2, 0.25) is 5.91 Å². The minimum Gasteiger partial charge on any atom is -0.376 e. The zero-order valence-electron chi connectivity index (χ0n) is 15.1. The molecule has 1 aromatic carbocycles. The molecule has 2 aliphatic heterocycles. The Labute approximate surface area is 163 Å². The number of hydrogen-bond acceptors (Lipinski definition) is 6. The highest BCUT2D eigenvalue weighted by molar-refractivity contribution is 7.91. The van der Waals surface area contributed by atoms with Gasteiger partial charge < -0.3 is 10.2 Å². The number of halogens is 1. The van der Waals surface area contributed by atoms with E-state index < -0.39 is 21.8 Å². The van der Waals surface area contributed by atoms with E-state index in [1.165, 1.54) is 5.01 Å². The average molecular weight is 413 g/mol. The van der Waals surface area contributed by atoms with Crippen molar-refractivity contribution in [3.05, 3.63) is 23.2 Å². The Hall–Kier alpha value is -2.13. The normalized spacial score (nSPS) is 21.7. The van der Waals surface area contributed by atoms with Crippen LogP contribution in [-0.2, 0) is 19.4 Å². The quantitative estimate of drug-likeness (QED) is 0.808. The van der Waals surface area contributed by atoms with Crippen molar-refractivity contribution in [3.63, 3.8) is 0 Å². The summed E-state index contributed by atoms with van der Waals surface area (Å²) in [6.45, 7) is 0. The molecule has 0 bridgehead atoms. The van der Waals surface area contributed by atoms with Gasteiger partial charge in [0, 0.05) is 32.0 Å². The van der Waals surface area contributed by atoms with Gasteiger partial charge in [0.15, 0.2) is 9.84 Å². The highest BCUT2D eigenvalue weighted by atomic mass is 35.5. The van der Waals surface area contributed by atoms with Crippen LogP contribution in [0, 0.1) is 0 Å². The molecule has 1 saturated heterocycles. The molecule has 1 atom stereocenters. The van der Waals surface area contributed by atoms with Crippen molar-refractivity contribution < 1.29 is 18.0 Å². The van der Waals surface area contributed by atoms with E-state index in [1.54, 1.807) is 18.2 Å². The van der Waals surface area contributed by atoms with Crippen LogP contribution in [0.15, 0.2) is 23.3 Å². The van der Waals surface area contributed by atoms with Crippen LogP contribution < -0.4 is 10.2 Å². The highest BCUT2D eigenvalue weighted by Crippen LogP contribution is 2.28. The highest BCUT2D eigenvalue weighted by Gasteiger charge is 2.37. The molecule has 1 aromatic rings. The monoisotopic (exact) mass is 412 g/mol. The fourth-order valence-corrected chi connectivity index (χ4v) is 5.05. The summed E-state index contributed by atoms with van der Waals surface area (Å²) in [4.78, 5) is 26.7. The van der Waals surface area contributed by atoms with Crippen molar-refractivity contribution in [2.24, 2.45) is 5.10 Å². The molecular formula is C17H21ClN4O4S. The van der Waals surface area contributed by atoms with E-state index >= 15 is 0 Å². The Balaban J connectivity index is 1.82. The summed E-state index contributed by atoms with van der Waals surface area (Å²) < 4.78 is 23.4. The first-order valence-corrected chi connectivity index (χ1v) is 10.7. The second-order valence-electron chi connectivity index (χ2n) is 6.85. The number of rotatable bonds is 4. The second-order valence-corrected chi connectivity index (χ2v) is 9.52. The van der Waals surface area contributed by atoms with E-state index in [1.807, 2.05) is 19.0 Å². The molecule has 1 N–H and O–H groups in total. The third-order valence-corrected chi connectivity index (χ3v) is 6.55. The number of amides is 2. The van der Waals surface area contributed by atoms with Gasteiger partial charge in [0.1, 0.15) is 5.71 Å². The lowest BCUT2D eigenvalue weighted by Crippen LogP contribution is -2.42. The van der Waals surface area contributed by atoms with Gasteiger partial charge in [-0.25, -0.2) is 13.4 Å². The number of anilines is 2. The Morgan fingerprint density at radius 3 is 2.70 bits per heavy atom. The van der Waals surface area contributed by atoms with Crippen LogP contribution in [0.2, 0.25) is 5.02 Å². The minimum atomic E-state index is -3.16. The Bertz CT molecular complexity index is 914. The van der Waals surface area contributed by atoms with Gasteiger partial charge in [-0.05, 0) is 24.6 Å². The molecule has 0 radical (unpaired) electrons. The number of carbonyl (C=O) groups is 2. The van der Waals surface area contributed by atoms with Crippen molar-refractivity contribution in [2.45, 2.75) is 25.3 Å². The van der Waals surface area contributed by atoms with E-state index in [9.17, 15) is 18.0 Å². The minimum absolute atomic E-state index is 0.0349. The number of carbonyl (C=O) groups excluding carboxylic acids is 2. The molecule has 2 amide bonds. The molecule has 1 fully saturated rings. The van der Waals surface area contributed by atoms with E-state index in [4.69, 9.17) is 11.6 Å². The van der Waals surface area contributed by atoms with Gasteiger partial charge in [-0.2, -0.15) is 5.10 Å². The first kappa shape index (κ1) is 19.6. The molecule has 146 valence electrons. The number of benzene rings is 1. The Kier molecular flexibility index (Phi) is 5.43. The first-order valence-electron chi connectivity index (χ1n) is 8.54. The predicted octanol–water partition coefficient (Wildman–Crippen LogP) is 1.51. The lowest BCUT2D eigenvalue weighted by atomic mass is 10.1. The van der Waals surface area contributed by atoms with Gasteiger partial charge in [-0.15, -0.1) is 0 Å². The van der Waals surface area contributed by atoms with Crippen LogP contribution in [0.4, 0.5) is 11.4 Å². The molecule has 8 nitrogen and oxygen atoms in total. The van der Waals surface area contributed by atoms with E-state index in [2.05, 4.69) is 10.4 Å². The molecule has 1 unspecified atom stereocenters. The Morgan fingerprint density at radius 2 is 2.07 bits per heavy atom. The number of nitrogens with one attached hydrogen (secondary N) is 1. The van der Waals surface area contributed by atoms with Crippen LogP contribution in [0.1, 0.15) is 19.3 Å². The van der Waals surface area contributed by atoms with Crippen molar-refractivity contribution in [3.8, 4) is 0 Å². The molecule has 0 aliphatic carbocycles. The maximum Gasteiger partial charge on any atom is 0.271 e. The molecule has 2 heterocycles. The van der Waals surface area contributed by atoms with E-state index in [0.29, 0.717) is 17.1 Å². The van der Waals surface area contributed by atoms with Crippen LogP contribution >= 0.6 is 11.6 Å². The molecule has 2 aliphatic rings. The van der Waals surface area contributed by atoms with Gasteiger partial charge in [-0.1, -0.05) is 11.6 Å². The third kappa shape index (κ3) is 4.41. The zero-order valence-corrected chi connectivity index (χ0v) is 16.7. The van der Waals surface area contributed by atoms with Gasteiger partial charge in [0.25, 0.3) is 5.91 Å². The van der Waals surface area contributed by atoms with Gasteiger partial charge in [-0.3, -0.25) is 9.59 Å². The van der Waals surface area contributed by atoms with Crippen LogP contribution in [-0.4, -0.2) is 62.6 Å². The predicted molar refractivity (Wildman–Crippen MR) is 105 cm³/mol. The topological polar surface area (TPSA) is 99.2 Å². The summed E-state index contributed by atoms with van der Waals surface area (Å²) >= 11 is 6.04. The van der Waals surface area contributed by atoms with Crippen LogP contribution in [0.3, 0.4) is 0 Å². The van der Waals surface area contributed by atoms with Crippen LogP contribution in [0.25, 0.3) is 0 Å². The fourth-order valence-electron chi connectivity index (χ4n) is 3.18. The van der Waals surface area contributed by atoms with Crippen molar-refractivity contribution in [1.82, 2.24) is 5.01 Å². The van der Waals surface area contributed by atoms with Crippen molar-refractivity contribution >= 4 is 50.3 Å². The number of nitrogens with zero attached hydrogens (tertiary/aromatic N) is 3. The SMILES string of the molecule is CN(C)c1ccc(Cl)cc1NC(=O)C1=NN(C2CCS(=O)(=O)C2)C(=O)CC1. The maximum absolute atomic E-state index is 12.7. The van der Waals surface area contributed by atoms with E-state index in [-0.39, 0.29) is 36.0 Å². The third-order valence-electron chi connectivity index (χ3n) is 4.56. The fraction of sp³-hybridized carbons (Fsp3) is 0.471. The summed E-state index contributed by atoms with van der Waals surface area (Å²) in [6, 6.07) is 4.66. The molecule has 0 saturated carbocycles. The summed E-state index contributed by atoms with van der Waals surface area (Å²) in [5.41, 5.74) is 1.51. The number of hydrazone groups is 1. The largest absolute Gasteiger partial charge is 0.376 e. The maximum atomic E-state index is 12.7. The van der Waals surface area contributed by atoms with Gasteiger partial charge >= 0.3 is 0 Å². The molecule has 10 heteroatoms. The summed E-state index contributed by atoms with van der Waals surface area (Å²) in [5.74, 6) is -0.771. The second kappa shape index (κ2) is 7.47. The number of hydrogen-bond donors (Lipinski definition) is 1. The lowest BCUT2D eigenvalue weighted by Gasteiger charge is -2.27. The smallest absolute Gasteiger partial charge is 0.271 e. The average Bonchev–Trinajstić information content (AvgIpc) is 2.94. The molecule has 0 aromatic heterocycles. The summed E-state index contributed by atoms with van der Waals surface area (Å²) in [6.07, 6.45) is 0.670. The summed E-state index contributed by atoms with van der Waals surface area (Å²) in [7, 11) is 0.532. The zero-order chi connectivity index (χ0) is 19.8. The Morgan fingerprint density at radius 1 is 1.33 bits per heavy atom. The molecule has 0 spiro atoms. The first-order chi connectivity index (χ1) is 12.7. The molecule has 27 heavy (non-hydrogen) atoms. The molecule has 3 rings (SSSR count). The standard InChI is InChI=1S/C17H21ClN4O4S/c1-21(2)15-5-3-11(18)9-14(15)19-17(24)13-4-6-16(23)22(20-13)12-7-8-27(25,26)10-12/h3,5,9,12H,4,6-8,10H2,1-2H3,(H,19,24). The van der Waals surface area contributed by atoms with Crippen molar-refractivity contribution in [1.29, 1.82) is 0 Å². The van der Waals surface area contributed by atoms with E-state index in [0.717, 1.165) is 5.69 Å². The summed E-state index contributed by atoms with van der Waals surface area (Å²) in [5, 5.41) is 8.63. The molecular weight excluding hydrogens is 392 g/mol. The lowest BCUT2D eigenvalue weighted by molar-refractivity contribution is -0.133. The van der Waals surface area contributed by atoms with Crippen molar-refractivity contribution in [2.75, 3.05) is 35.8 Å².